The molecule has 0 aliphatic heterocycles. The van der Waals surface area contributed by atoms with Gasteiger partial charge in [0.2, 0.25) is 0 Å². The van der Waals surface area contributed by atoms with Crippen molar-refractivity contribution in [2.75, 3.05) is 11.9 Å². The molecule has 0 saturated heterocycles. The van der Waals surface area contributed by atoms with Gasteiger partial charge in [-0.3, -0.25) is 9.59 Å². The summed E-state index contributed by atoms with van der Waals surface area (Å²) in [5, 5.41) is 3.51. The predicted octanol–water partition coefficient (Wildman–Crippen LogP) is 5.82. The third-order valence-electron chi connectivity index (χ3n) is 6.64. The van der Waals surface area contributed by atoms with Crippen molar-refractivity contribution in [3.05, 3.63) is 45.8 Å². The van der Waals surface area contributed by atoms with Crippen LogP contribution in [0.15, 0.2) is 24.3 Å². The van der Waals surface area contributed by atoms with Gasteiger partial charge in [0, 0.05) is 10.4 Å². The number of ether oxygens (including phenoxy) is 1. The molecule has 3 rings (SSSR count). The summed E-state index contributed by atoms with van der Waals surface area (Å²) in [5.74, 6) is 0.597. The number of fused-ring (bicyclic) bond motifs is 1. The molecule has 1 unspecified atom stereocenters. The molecular weight excluding hydrogens is 408 g/mol. The van der Waals surface area contributed by atoms with Gasteiger partial charge in [0.05, 0.1) is 12.2 Å². The first-order valence-electron chi connectivity index (χ1n) is 11.2. The van der Waals surface area contributed by atoms with E-state index in [4.69, 9.17) is 10.5 Å². The van der Waals surface area contributed by atoms with Crippen molar-refractivity contribution < 1.29 is 14.3 Å². The number of unbranched alkanes of at least 4 members (excludes halogenated alkanes) is 1. The molecule has 5 nitrogen and oxygen atoms in total. The minimum atomic E-state index is -0.472. The van der Waals surface area contributed by atoms with Crippen LogP contribution in [0.25, 0.3) is 0 Å². The normalized spacial score (nSPS) is 15.9. The zero-order valence-electron chi connectivity index (χ0n) is 19.0. The lowest BCUT2D eigenvalue weighted by molar-refractivity contribution is 0.0999. The van der Waals surface area contributed by atoms with E-state index in [2.05, 4.69) is 33.0 Å². The van der Waals surface area contributed by atoms with Gasteiger partial charge >= 0.3 is 0 Å². The Kier molecular flexibility index (Phi) is 7.42. The Morgan fingerprint density at radius 2 is 1.94 bits per heavy atom. The number of benzene rings is 1. The zero-order chi connectivity index (χ0) is 22.6. The van der Waals surface area contributed by atoms with Crippen LogP contribution in [0.3, 0.4) is 0 Å². The number of hydrogen-bond donors (Lipinski definition) is 2. The van der Waals surface area contributed by atoms with Crippen LogP contribution in [0.4, 0.5) is 5.00 Å². The van der Waals surface area contributed by atoms with E-state index in [0.717, 1.165) is 49.8 Å². The molecule has 6 heteroatoms. The van der Waals surface area contributed by atoms with Crippen LogP contribution < -0.4 is 15.8 Å². The quantitative estimate of drug-likeness (QED) is 0.480. The molecule has 1 aromatic heterocycles. The number of amides is 2. The van der Waals surface area contributed by atoms with Gasteiger partial charge in [-0.05, 0) is 66.8 Å². The Balaban J connectivity index is 1.77. The molecule has 1 aliphatic rings. The molecule has 1 atom stereocenters. The summed E-state index contributed by atoms with van der Waals surface area (Å²) in [5.41, 5.74) is 8.00. The summed E-state index contributed by atoms with van der Waals surface area (Å²) < 4.78 is 5.66. The standard InChI is InChI=1S/C25H34N2O3S/c1-5-7-14-30-18-11-8-16(9-12-18)23(29)27-24-21(22(26)28)19-13-10-17(15-20(19)31-24)25(3,4)6-2/h8-9,11-12,17H,5-7,10,13-15H2,1-4H3,(H2,26,28)(H,27,29). The lowest BCUT2D eigenvalue weighted by atomic mass is 9.69. The molecule has 1 aromatic carbocycles. The van der Waals surface area contributed by atoms with Crippen molar-refractivity contribution in [1.82, 2.24) is 0 Å². The minimum absolute atomic E-state index is 0.244. The maximum atomic E-state index is 12.8. The van der Waals surface area contributed by atoms with Crippen molar-refractivity contribution in [2.24, 2.45) is 17.1 Å². The van der Waals surface area contributed by atoms with Crippen molar-refractivity contribution in [2.45, 2.75) is 66.2 Å². The Labute approximate surface area is 189 Å². The number of hydrogen-bond acceptors (Lipinski definition) is 4. The van der Waals surface area contributed by atoms with Crippen LogP contribution >= 0.6 is 11.3 Å². The minimum Gasteiger partial charge on any atom is -0.494 e. The van der Waals surface area contributed by atoms with E-state index in [0.29, 0.717) is 28.7 Å². The second-order valence-electron chi connectivity index (χ2n) is 9.03. The van der Waals surface area contributed by atoms with E-state index < -0.39 is 5.91 Å². The van der Waals surface area contributed by atoms with Gasteiger partial charge in [0.1, 0.15) is 10.8 Å². The molecule has 31 heavy (non-hydrogen) atoms. The fourth-order valence-electron chi connectivity index (χ4n) is 4.10. The smallest absolute Gasteiger partial charge is 0.256 e. The lowest BCUT2D eigenvalue weighted by Gasteiger charge is -2.36. The Bertz CT molecular complexity index is 931. The number of carbonyl (C=O) groups excluding carboxylic acids is 2. The molecule has 0 bridgehead atoms. The summed E-state index contributed by atoms with van der Waals surface area (Å²) in [6, 6.07) is 7.09. The van der Waals surface area contributed by atoms with Crippen molar-refractivity contribution >= 4 is 28.2 Å². The second kappa shape index (κ2) is 9.86. The summed E-state index contributed by atoms with van der Waals surface area (Å²) in [6.07, 6.45) is 5.99. The Hall–Kier alpha value is -2.34. The molecule has 0 saturated carbocycles. The second-order valence-corrected chi connectivity index (χ2v) is 10.1. The summed E-state index contributed by atoms with van der Waals surface area (Å²) in [4.78, 5) is 26.3. The average Bonchev–Trinajstić information content (AvgIpc) is 3.11. The number of primary amides is 1. The molecule has 0 spiro atoms. The van der Waals surface area contributed by atoms with Gasteiger partial charge in [0.25, 0.3) is 11.8 Å². The van der Waals surface area contributed by atoms with Gasteiger partial charge in [-0.1, -0.05) is 40.5 Å². The van der Waals surface area contributed by atoms with Gasteiger partial charge in [-0.2, -0.15) is 0 Å². The van der Waals surface area contributed by atoms with Crippen molar-refractivity contribution in [3.63, 3.8) is 0 Å². The van der Waals surface area contributed by atoms with E-state index in [1.165, 1.54) is 16.2 Å². The molecule has 168 valence electrons. The highest BCUT2D eigenvalue weighted by Gasteiger charge is 2.35. The summed E-state index contributed by atoms with van der Waals surface area (Å²) in [6.45, 7) is 9.63. The van der Waals surface area contributed by atoms with Crippen LogP contribution in [-0.4, -0.2) is 18.4 Å². The number of nitrogens with one attached hydrogen (secondary N) is 1. The largest absolute Gasteiger partial charge is 0.494 e. The van der Waals surface area contributed by atoms with Crippen LogP contribution in [0.2, 0.25) is 0 Å². The fourth-order valence-corrected chi connectivity index (χ4v) is 5.43. The molecular formula is C25H34N2O3S. The first-order chi connectivity index (χ1) is 14.8. The Morgan fingerprint density at radius 3 is 2.55 bits per heavy atom. The van der Waals surface area contributed by atoms with Crippen molar-refractivity contribution in [1.29, 1.82) is 0 Å². The highest BCUT2D eigenvalue weighted by molar-refractivity contribution is 7.17. The van der Waals surface area contributed by atoms with Crippen LogP contribution in [0.5, 0.6) is 5.75 Å². The number of carbonyl (C=O) groups is 2. The zero-order valence-corrected chi connectivity index (χ0v) is 19.9. The summed E-state index contributed by atoms with van der Waals surface area (Å²) in [7, 11) is 0. The van der Waals surface area contributed by atoms with E-state index >= 15 is 0 Å². The number of nitrogens with two attached hydrogens (primary N) is 1. The first-order valence-corrected chi connectivity index (χ1v) is 12.1. The number of thiophene rings is 1. The first kappa shape index (κ1) is 23.3. The maximum absolute atomic E-state index is 12.8. The highest BCUT2D eigenvalue weighted by atomic mass is 32.1. The fraction of sp³-hybridized carbons (Fsp3) is 0.520. The molecule has 2 aromatic rings. The monoisotopic (exact) mass is 442 g/mol. The number of rotatable bonds is 9. The van der Waals surface area contributed by atoms with Gasteiger partial charge in [0.15, 0.2) is 0 Å². The third-order valence-corrected chi connectivity index (χ3v) is 7.81. The highest BCUT2D eigenvalue weighted by Crippen LogP contribution is 2.45. The van der Waals surface area contributed by atoms with E-state index in [1.54, 1.807) is 24.3 Å². The third kappa shape index (κ3) is 5.29. The molecule has 0 fully saturated rings. The topological polar surface area (TPSA) is 81.4 Å². The Morgan fingerprint density at radius 1 is 1.23 bits per heavy atom. The van der Waals surface area contributed by atoms with E-state index in [1.807, 2.05) is 0 Å². The van der Waals surface area contributed by atoms with E-state index in [-0.39, 0.29) is 11.3 Å². The molecule has 0 radical (unpaired) electrons. The lowest BCUT2D eigenvalue weighted by Crippen LogP contribution is -2.29. The molecule has 1 heterocycles. The van der Waals surface area contributed by atoms with E-state index in [9.17, 15) is 9.59 Å². The predicted molar refractivity (Wildman–Crippen MR) is 127 cm³/mol. The molecule has 2 amide bonds. The van der Waals surface area contributed by atoms with Crippen molar-refractivity contribution in [3.8, 4) is 5.75 Å². The SMILES string of the molecule is CCCCOc1ccc(C(=O)Nc2sc3c(c2C(N)=O)CCC(C(C)(C)CC)C3)cc1. The average molecular weight is 443 g/mol. The van der Waals surface area contributed by atoms with Crippen LogP contribution in [0.1, 0.15) is 84.5 Å². The molecule has 3 N–H and O–H groups in total. The maximum Gasteiger partial charge on any atom is 0.256 e. The van der Waals surface area contributed by atoms with Crippen LogP contribution in [-0.2, 0) is 12.8 Å². The van der Waals surface area contributed by atoms with Gasteiger partial charge in [-0.15, -0.1) is 11.3 Å². The van der Waals surface area contributed by atoms with Crippen LogP contribution in [0, 0.1) is 11.3 Å². The van der Waals surface area contributed by atoms with Gasteiger partial charge < -0.3 is 15.8 Å². The van der Waals surface area contributed by atoms with Gasteiger partial charge in [-0.25, -0.2) is 0 Å². The summed E-state index contributed by atoms with van der Waals surface area (Å²) >= 11 is 1.50. The number of anilines is 1. The molecule has 1 aliphatic carbocycles.